The minimum atomic E-state index is -2.50. The fourth-order valence-corrected chi connectivity index (χ4v) is 1.23. The lowest BCUT2D eigenvalue weighted by Crippen LogP contribution is -2.09. The SMILES string of the molecule is O=C(CCOCC(F)F)c1ccc(Br)o1. The summed E-state index contributed by atoms with van der Waals surface area (Å²) < 4.78 is 33.3. The number of Topliss-reactive ketones (excluding diaryl/α,β-unsaturated/α-hetero) is 1. The van der Waals surface area contributed by atoms with Gasteiger partial charge in [0.25, 0.3) is 6.43 Å². The predicted molar refractivity (Wildman–Crippen MR) is 52.2 cm³/mol. The largest absolute Gasteiger partial charge is 0.446 e. The summed E-state index contributed by atoms with van der Waals surface area (Å²) >= 11 is 3.05. The molecule has 0 atom stereocenters. The fourth-order valence-electron chi connectivity index (χ4n) is 0.925. The first kappa shape index (κ1) is 12.3. The molecule has 0 spiro atoms. The Morgan fingerprint density at radius 3 is 2.80 bits per heavy atom. The maximum absolute atomic E-state index is 11.7. The Bertz CT molecular complexity index is 325. The molecule has 0 radical (unpaired) electrons. The van der Waals surface area contributed by atoms with Crippen molar-refractivity contribution in [2.24, 2.45) is 0 Å². The van der Waals surface area contributed by atoms with Crippen molar-refractivity contribution in [2.75, 3.05) is 13.2 Å². The van der Waals surface area contributed by atoms with Crippen LogP contribution in [0.4, 0.5) is 8.78 Å². The van der Waals surface area contributed by atoms with Gasteiger partial charge in [0, 0.05) is 6.42 Å². The molecular weight excluding hydrogens is 274 g/mol. The smallest absolute Gasteiger partial charge is 0.261 e. The minimum Gasteiger partial charge on any atom is -0.446 e. The van der Waals surface area contributed by atoms with Gasteiger partial charge in [-0.05, 0) is 28.1 Å². The third-order valence-corrected chi connectivity index (χ3v) is 1.99. The molecule has 15 heavy (non-hydrogen) atoms. The average Bonchev–Trinajstić information content (AvgIpc) is 2.59. The zero-order chi connectivity index (χ0) is 11.3. The summed E-state index contributed by atoms with van der Waals surface area (Å²) in [5.74, 6) is -0.0718. The second-order valence-electron chi connectivity index (χ2n) is 2.74. The average molecular weight is 283 g/mol. The molecule has 0 amide bonds. The molecule has 1 aromatic rings. The van der Waals surface area contributed by atoms with Gasteiger partial charge in [0.05, 0.1) is 6.61 Å². The molecule has 0 bridgehead atoms. The van der Waals surface area contributed by atoms with Gasteiger partial charge in [-0.3, -0.25) is 4.79 Å². The highest BCUT2D eigenvalue weighted by molar-refractivity contribution is 9.10. The number of carbonyl (C=O) groups is 1. The van der Waals surface area contributed by atoms with Gasteiger partial charge in [-0.2, -0.15) is 0 Å². The summed E-state index contributed by atoms with van der Waals surface area (Å²) in [5, 5.41) is 0. The molecule has 3 nitrogen and oxygen atoms in total. The molecule has 1 heterocycles. The summed E-state index contributed by atoms with van der Waals surface area (Å²) in [6.07, 6.45) is -2.47. The Kier molecular flexibility index (Phi) is 4.90. The molecule has 6 heteroatoms. The number of carbonyl (C=O) groups excluding carboxylic acids is 1. The van der Waals surface area contributed by atoms with Crippen LogP contribution >= 0.6 is 15.9 Å². The summed E-state index contributed by atoms with van der Waals surface area (Å²) in [4.78, 5) is 11.3. The number of hydrogen-bond donors (Lipinski definition) is 0. The van der Waals surface area contributed by atoms with Gasteiger partial charge in [-0.25, -0.2) is 8.78 Å². The van der Waals surface area contributed by atoms with E-state index in [9.17, 15) is 13.6 Å². The monoisotopic (exact) mass is 282 g/mol. The lowest BCUT2D eigenvalue weighted by molar-refractivity contribution is 0.0167. The minimum absolute atomic E-state index is 0.0263. The van der Waals surface area contributed by atoms with Crippen LogP contribution in [-0.4, -0.2) is 25.4 Å². The fraction of sp³-hybridized carbons (Fsp3) is 0.444. The van der Waals surface area contributed by atoms with Crippen LogP contribution in [0.5, 0.6) is 0 Å². The first-order valence-electron chi connectivity index (χ1n) is 4.24. The van der Waals surface area contributed by atoms with Crippen LogP contribution in [0.2, 0.25) is 0 Å². The van der Waals surface area contributed by atoms with Gasteiger partial charge < -0.3 is 9.15 Å². The van der Waals surface area contributed by atoms with Gasteiger partial charge in [0.15, 0.2) is 16.2 Å². The number of alkyl halides is 2. The van der Waals surface area contributed by atoms with Gasteiger partial charge in [-0.15, -0.1) is 0 Å². The normalized spacial score (nSPS) is 10.9. The summed E-state index contributed by atoms with van der Waals surface area (Å²) in [5.41, 5.74) is 0. The standard InChI is InChI=1S/C9H9BrF2O3/c10-8-2-1-7(15-8)6(13)3-4-14-5-9(11)12/h1-2,9H,3-5H2. The van der Waals surface area contributed by atoms with Crippen molar-refractivity contribution in [3.63, 3.8) is 0 Å². The van der Waals surface area contributed by atoms with Gasteiger partial charge in [-0.1, -0.05) is 0 Å². The van der Waals surface area contributed by atoms with Gasteiger partial charge >= 0.3 is 0 Å². The number of ketones is 1. The van der Waals surface area contributed by atoms with Gasteiger partial charge in [0.1, 0.15) is 6.61 Å². The van der Waals surface area contributed by atoms with Crippen molar-refractivity contribution in [1.29, 1.82) is 0 Å². The Morgan fingerprint density at radius 1 is 1.53 bits per heavy atom. The maximum Gasteiger partial charge on any atom is 0.261 e. The first-order valence-corrected chi connectivity index (χ1v) is 5.03. The Labute approximate surface area is 93.5 Å². The number of hydrogen-bond acceptors (Lipinski definition) is 3. The molecule has 0 unspecified atom stereocenters. The van der Waals surface area contributed by atoms with Crippen LogP contribution < -0.4 is 0 Å². The van der Waals surface area contributed by atoms with E-state index in [0.29, 0.717) is 4.67 Å². The Balaban J connectivity index is 2.25. The molecule has 0 aromatic carbocycles. The maximum atomic E-state index is 11.7. The number of halogens is 3. The Morgan fingerprint density at radius 2 is 2.27 bits per heavy atom. The Hall–Kier alpha value is -0.750. The molecule has 0 saturated carbocycles. The van der Waals surface area contributed by atoms with E-state index in [2.05, 4.69) is 20.7 Å². The van der Waals surface area contributed by atoms with E-state index >= 15 is 0 Å². The van der Waals surface area contributed by atoms with E-state index < -0.39 is 13.0 Å². The molecule has 0 saturated heterocycles. The third kappa shape index (κ3) is 4.53. The van der Waals surface area contributed by atoms with Crippen LogP contribution in [0, 0.1) is 0 Å². The van der Waals surface area contributed by atoms with Crippen molar-refractivity contribution in [2.45, 2.75) is 12.8 Å². The van der Waals surface area contributed by atoms with Crippen molar-refractivity contribution in [1.82, 2.24) is 0 Å². The number of furan rings is 1. The predicted octanol–water partition coefficient (Wildman–Crippen LogP) is 2.90. The quantitative estimate of drug-likeness (QED) is 0.595. The van der Waals surface area contributed by atoms with Crippen LogP contribution in [0.3, 0.4) is 0 Å². The molecule has 84 valence electrons. The number of rotatable bonds is 6. The molecule has 0 aliphatic heterocycles. The highest BCUT2D eigenvalue weighted by atomic mass is 79.9. The molecule has 0 aliphatic rings. The molecule has 0 aliphatic carbocycles. The van der Waals surface area contributed by atoms with Crippen molar-refractivity contribution >= 4 is 21.7 Å². The van der Waals surface area contributed by atoms with E-state index in [4.69, 9.17) is 4.42 Å². The topological polar surface area (TPSA) is 39.4 Å². The summed E-state index contributed by atoms with van der Waals surface area (Å²) in [6, 6.07) is 3.10. The second kappa shape index (κ2) is 5.97. The second-order valence-corrected chi connectivity index (χ2v) is 3.52. The van der Waals surface area contributed by atoms with Crippen LogP contribution in [0.15, 0.2) is 21.2 Å². The van der Waals surface area contributed by atoms with E-state index in [1.165, 1.54) is 6.07 Å². The van der Waals surface area contributed by atoms with Crippen molar-refractivity contribution in [3.8, 4) is 0 Å². The molecule has 0 N–H and O–H groups in total. The van der Waals surface area contributed by atoms with E-state index in [0.717, 1.165) is 0 Å². The van der Waals surface area contributed by atoms with Crippen molar-refractivity contribution in [3.05, 3.63) is 22.6 Å². The lowest BCUT2D eigenvalue weighted by atomic mass is 10.2. The van der Waals surface area contributed by atoms with E-state index in [1.54, 1.807) is 6.07 Å². The summed E-state index contributed by atoms with van der Waals surface area (Å²) in [7, 11) is 0. The molecule has 1 rings (SSSR count). The lowest BCUT2D eigenvalue weighted by Gasteiger charge is -2.01. The molecule has 0 fully saturated rings. The third-order valence-electron chi connectivity index (χ3n) is 1.57. The van der Waals surface area contributed by atoms with E-state index in [1.807, 2.05) is 0 Å². The first-order chi connectivity index (χ1) is 7.09. The zero-order valence-electron chi connectivity index (χ0n) is 7.71. The zero-order valence-corrected chi connectivity index (χ0v) is 9.30. The molecule has 1 aromatic heterocycles. The van der Waals surface area contributed by atoms with Gasteiger partial charge in [0.2, 0.25) is 0 Å². The van der Waals surface area contributed by atoms with Crippen LogP contribution in [0.25, 0.3) is 0 Å². The van der Waals surface area contributed by atoms with Crippen molar-refractivity contribution < 1.29 is 22.7 Å². The molecular formula is C9H9BrF2O3. The van der Waals surface area contributed by atoms with E-state index in [-0.39, 0.29) is 24.6 Å². The van der Waals surface area contributed by atoms with Crippen LogP contribution in [0.1, 0.15) is 17.0 Å². The highest BCUT2D eigenvalue weighted by Crippen LogP contribution is 2.15. The summed E-state index contributed by atoms with van der Waals surface area (Å²) in [6.45, 7) is -0.670. The number of ether oxygens (including phenoxy) is 1. The highest BCUT2D eigenvalue weighted by Gasteiger charge is 2.10. The van der Waals surface area contributed by atoms with Crippen LogP contribution in [-0.2, 0) is 4.74 Å².